The summed E-state index contributed by atoms with van der Waals surface area (Å²) in [6.45, 7) is 4.12. The van der Waals surface area contributed by atoms with Gasteiger partial charge in [0.25, 0.3) is 0 Å². The number of aliphatic hydroxyl groups is 1. The van der Waals surface area contributed by atoms with Crippen LogP contribution in [0.3, 0.4) is 0 Å². The van der Waals surface area contributed by atoms with Gasteiger partial charge in [-0.2, -0.15) is 0 Å². The fourth-order valence-electron chi connectivity index (χ4n) is 2.11. The van der Waals surface area contributed by atoms with Crippen LogP contribution in [0.2, 0.25) is 0 Å². The Bertz CT molecular complexity index is 297. The summed E-state index contributed by atoms with van der Waals surface area (Å²) in [5.41, 5.74) is -0.532. The minimum absolute atomic E-state index is 0.179. The van der Waals surface area contributed by atoms with Gasteiger partial charge in [0, 0.05) is 6.42 Å². The van der Waals surface area contributed by atoms with E-state index >= 15 is 0 Å². The molecule has 1 spiro atoms. The molecule has 2 aliphatic rings. The normalized spacial score (nSPS) is 41.8. The molecule has 0 amide bonds. The van der Waals surface area contributed by atoms with E-state index in [1.54, 1.807) is 0 Å². The molecule has 4 atom stereocenters. The van der Waals surface area contributed by atoms with Crippen LogP contribution in [-0.2, 0) is 19.0 Å². The molecule has 0 aromatic rings. The largest absolute Gasteiger partial charge is 0.469 e. The molecule has 1 N–H and O–H groups in total. The zero-order valence-corrected chi connectivity index (χ0v) is 9.22. The van der Waals surface area contributed by atoms with E-state index in [1.807, 2.05) is 0 Å². The Kier molecular flexibility index (Phi) is 3.01. The van der Waals surface area contributed by atoms with Crippen molar-refractivity contribution in [2.24, 2.45) is 0 Å². The molecule has 90 valence electrons. The van der Waals surface area contributed by atoms with Crippen LogP contribution >= 0.6 is 0 Å². The van der Waals surface area contributed by atoms with Gasteiger partial charge in [-0.25, -0.2) is 0 Å². The molecule has 2 aliphatic heterocycles. The minimum atomic E-state index is -0.695. The van der Waals surface area contributed by atoms with Gasteiger partial charge < -0.3 is 19.3 Å². The molecule has 2 rings (SSSR count). The van der Waals surface area contributed by atoms with Gasteiger partial charge in [-0.3, -0.25) is 4.79 Å². The van der Waals surface area contributed by atoms with Gasteiger partial charge in [-0.05, 0) is 0 Å². The molecule has 0 aromatic heterocycles. The number of rotatable bonds is 3. The van der Waals surface area contributed by atoms with Gasteiger partial charge in [0.05, 0.1) is 26.2 Å². The third-order valence-corrected chi connectivity index (χ3v) is 3.14. The Morgan fingerprint density at radius 2 is 2.44 bits per heavy atom. The van der Waals surface area contributed by atoms with E-state index in [0.29, 0.717) is 13.0 Å². The third-order valence-electron chi connectivity index (χ3n) is 3.14. The lowest BCUT2D eigenvalue weighted by Gasteiger charge is -2.36. The van der Waals surface area contributed by atoms with E-state index in [4.69, 9.17) is 9.47 Å². The van der Waals surface area contributed by atoms with Crippen molar-refractivity contribution in [3.63, 3.8) is 0 Å². The lowest BCUT2D eigenvalue weighted by Crippen LogP contribution is -2.50. The van der Waals surface area contributed by atoms with Crippen molar-refractivity contribution in [1.82, 2.24) is 0 Å². The SMILES string of the molecule is C=CC1O[C@H](CC(=O)OC)C[C@@]2(CO2)[C@@H]1O. The van der Waals surface area contributed by atoms with Gasteiger partial charge >= 0.3 is 5.97 Å². The fraction of sp³-hybridized carbons (Fsp3) is 0.727. The lowest BCUT2D eigenvalue weighted by molar-refractivity contribution is -0.157. The van der Waals surface area contributed by atoms with Crippen molar-refractivity contribution in [3.8, 4) is 0 Å². The van der Waals surface area contributed by atoms with Crippen LogP contribution in [0.15, 0.2) is 12.7 Å². The molecule has 1 unspecified atom stereocenters. The highest BCUT2D eigenvalue weighted by Gasteiger charge is 2.58. The highest BCUT2D eigenvalue weighted by atomic mass is 16.6. The topological polar surface area (TPSA) is 68.3 Å². The zero-order valence-electron chi connectivity index (χ0n) is 9.22. The van der Waals surface area contributed by atoms with Crippen LogP contribution < -0.4 is 0 Å². The van der Waals surface area contributed by atoms with Gasteiger partial charge in [0.2, 0.25) is 0 Å². The first-order valence-electron chi connectivity index (χ1n) is 5.28. The van der Waals surface area contributed by atoms with Crippen LogP contribution in [-0.4, -0.2) is 48.7 Å². The fourth-order valence-corrected chi connectivity index (χ4v) is 2.11. The maximum atomic E-state index is 11.2. The number of carbonyl (C=O) groups is 1. The maximum Gasteiger partial charge on any atom is 0.308 e. The van der Waals surface area contributed by atoms with Crippen molar-refractivity contribution in [2.45, 2.75) is 36.8 Å². The Labute approximate surface area is 94.0 Å². The minimum Gasteiger partial charge on any atom is -0.469 e. The molecule has 0 radical (unpaired) electrons. The monoisotopic (exact) mass is 228 g/mol. The predicted molar refractivity (Wildman–Crippen MR) is 54.8 cm³/mol. The Morgan fingerprint density at radius 1 is 1.75 bits per heavy atom. The Balaban J connectivity index is 2.01. The summed E-state index contributed by atoms with van der Waals surface area (Å²) in [7, 11) is 1.34. The summed E-state index contributed by atoms with van der Waals surface area (Å²) in [6.07, 6.45) is 0.787. The van der Waals surface area contributed by atoms with Gasteiger partial charge in [-0.1, -0.05) is 6.08 Å². The Morgan fingerprint density at radius 3 is 2.94 bits per heavy atom. The number of hydrogen-bond acceptors (Lipinski definition) is 5. The predicted octanol–water partition coefficient (Wildman–Crippen LogP) is 0.0229. The molecule has 0 saturated carbocycles. The first-order chi connectivity index (χ1) is 7.61. The zero-order chi connectivity index (χ0) is 11.8. The number of esters is 1. The standard InChI is InChI=1S/C11H16O5/c1-3-8-10(13)11(6-15-11)5-7(16-8)4-9(12)14-2/h3,7-8,10,13H,1,4-6H2,2H3/t7-,8?,10-,11-/m1/s1. The number of hydrogen-bond donors (Lipinski definition) is 1. The number of carbonyl (C=O) groups excluding carboxylic acids is 1. The summed E-state index contributed by atoms with van der Waals surface area (Å²) >= 11 is 0. The molecule has 16 heavy (non-hydrogen) atoms. The van der Waals surface area contributed by atoms with E-state index in [2.05, 4.69) is 11.3 Å². The van der Waals surface area contributed by atoms with Crippen molar-refractivity contribution in [2.75, 3.05) is 13.7 Å². The summed E-state index contributed by atoms with van der Waals surface area (Å²) in [5.74, 6) is -0.319. The van der Waals surface area contributed by atoms with Gasteiger partial charge in [0.15, 0.2) is 0 Å². The summed E-state index contributed by atoms with van der Waals surface area (Å²) < 4.78 is 15.4. The molecule has 2 heterocycles. The second-order valence-corrected chi connectivity index (χ2v) is 4.24. The number of aliphatic hydroxyl groups excluding tert-OH is 1. The number of epoxide rings is 1. The van der Waals surface area contributed by atoms with E-state index in [-0.39, 0.29) is 18.5 Å². The van der Waals surface area contributed by atoms with Gasteiger partial charge in [-0.15, -0.1) is 6.58 Å². The number of methoxy groups -OCH3 is 1. The van der Waals surface area contributed by atoms with Crippen molar-refractivity contribution in [1.29, 1.82) is 0 Å². The average Bonchev–Trinajstić information content (AvgIpc) is 3.04. The molecule has 2 fully saturated rings. The van der Waals surface area contributed by atoms with E-state index in [1.165, 1.54) is 13.2 Å². The quantitative estimate of drug-likeness (QED) is 0.419. The third kappa shape index (κ3) is 1.98. The molecule has 5 heteroatoms. The molecular formula is C11H16O5. The van der Waals surface area contributed by atoms with Crippen LogP contribution in [0.4, 0.5) is 0 Å². The van der Waals surface area contributed by atoms with Gasteiger partial charge in [0.1, 0.15) is 17.8 Å². The number of ether oxygens (including phenoxy) is 3. The first kappa shape index (κ1) is 11.6. The summed E-state index contributed by atoms with van der Waals surface area (Å²) in [5, 5.41) is 9.93. The molecule has 2 saturated heterocycles. The van der Waals surface area contributed by atoms with E-state index in [9.17, 15) is 9.90 Å². The van der Waals surface area contributed by atoms with Crippen molar-refractivity contribution < 1.29 is 24.1 Å². The first-order valence-corrected chi connectivity index (χ1v) is 5.28. The van der Waals surface area contributed by atoms with E-state index < -0.39 is 17.8 Å². The smallest absolute Gasteiger partial charge is 0.308 e. The van der Waals surface area contributed by atoms with Crippen molar-refractivity contribution in [3.05, 3.63) is 12.7 Å². The molecule has 0 bridgehead atoms. The van der Waals surface area contributed by atoms with Crippen LogP contribution in [0.5, 0.6) is 0 Å². The molecule has 0 aliphatic carbocycles. The Hall–Kier alpha value is -0.910. The molecular weight excluding hydrogens is 212 g/mol. The van der Waals surface area contributed by atoms with E-state index in [0.717, 1.165) is 0 Å². The second-order valence-electron chi connectivity index (χ2n) is 4.24. The van der Waals surface area contributed by atoms with Crippen LogP contribution in [0.25, 0.3) is 0 Å². The van der Waals surface area contributed by atoms with Crippen molar-refractivity contribution >= 4 is 5.97 Å². The average molecular weight is 228 g/mol. The molecule has 0 aromatic carbocycles. The summed E-state index contributed by atoms with van der Waals surface area (Å²) in [6, 6.07) is 0. The summed E-state index contributed by atoms with van der Waals surface area (Å²) in [4.78, 5) is 11.2. The van der Waals surface area contributed by atoms with Crippen LogP contribution in [0, 0.1) is 0 Å². The lowest BCUT2D eigenvalue weighted by atomic mass is 9.88. The maximum absolute atomic E-state index is 11.2. The second kappa shape index (κ2) is 4.16. The molecule has 5 nitrogen and oxygen atoms in total. The highest BCUT2D eigenvalue weighted by molar-refractivity contribution is 5.69. The highest BCUT2D eigenvalue weighted by Crippen LogP contribution is 2.43. The van der Waals surface area contributed by atoms with Crippen LogP contribution in [0.1, 0.15) is 12.8 Å².